The Balaban J connectivity index is 1.53. The van der Waals surface area contributed by atoms with Crippen LogP contribution in [-0.4, -0.2) is 29.9 Å². The highest BCUT2D eigenvalue weighted by Gasteiger charge is 2.40. The van der Waals surface area contributed by atoms with E-state index in [2.05, 4.69) is 4.90 Å². The highest BCUT2D eigenvalue weighted by Crippen LogP contribution is 2.48. The van der Waals surface area contributed by atoms with Crippen LogP contribution in [0.4, 0.5) is 0 Å². The number of halogens is 1. The minimum atomic E-state index is 0.439. The summed E-state index contributed by atoms with van der Waals surface area (Å²) in [6.07, 6.45) is 7.33. The molecule has 14 heavy (non-hydrogen) atoms. The fourth-order valence-electron chi connectivity index (χ4n) is 3.88. The van der Waals surface area contributed by atoms with Gasteiger partial charge in [0.25, 0.3) is 0 Å². The lowest BCUT2D eigenvalue weighted by Crippen LogP contribution is -2.30. The summed E-state index contributed by atoms with van der Waals surface area (Å²) in [5, 5.41) is 0.439. The molecule has 0 N–H and O–H groups in total. The average Bonchev–Trinajstić information content (AvgIpc) is 2.82. The molecule has 2 aliphatic carbocycles. The van der Waals surface area contributed by atoms with Crippen molar-refractivity contribution in [2.75, 3.05) is 19.6 Å². The van der Waals surface area contributed by atoms with Crippen molar-refractivity contribution >= 4 is 11.6 Å². The van der Waals surface area contributed by atoms with Crippen molar-refractivity contribution in [1.82, 2.24) is 4.90 Å². The van der Waals surface area contributed by atoms with Gasteiger partial charge in [-0.2, -0.15) is 0 Å². The predicted octanol–water partition coefficient (Wildman–Crippen LogP) is 2.74. The maximum Gasteiger partial charge on any atom is 0.0475 e. The lowest BCUT2D eigenvalue weighted by atomic mass is 9.88. The molecule has 1 heterocycles. The van der Waals surface area contributed by atoms with Crippen LogP contribution in [0.2, 0.25) is 0 Å². The first-order valence-corrected chi connectivity index (χ1v) is 6.61. The normalized spacial score (nSPS) is 47.8. The molecule has 3 aliphatic rings. The molecule has 0 spiro atoms. The van der Waals surface area contributed by atoms with Crippen molar-refractivity contribution in [3.63, 3.8) is 0 Å². The SMILES string of the molecule is ClC1CCN(CC2CC3CCC2C3)C1. The predicted molar refractivity (Wildman–Crippen MR) is 59.6 cm³/mol. The molecule has 0 amide bonds. The molecule has 0 radical (unpaired) electrons. The Kier molecular flexibility index (Phi) is 2.49. The zero-order valence-electron chi connectivity index (χ0n) is 8.79. The topological polar surface area (TPSA) is 3.24 Å². The first-order valence-electron chi connectivity index (χ1n) is 6.17. The largest absolute Gasteiger partial charge is 0.302 e. The Hall–Kier alpha value is 0.250. The Labute approximate surface area is 91.8 Å². The Morgan fingerprint density at radius 3 is 2.64 bits per heavy atom. The van der Waals surface area contributed by atoms with E-state index in [1.807, 2.05) is 0 Å². The second-order valence-electron chi connectivity index (χ2n) is 5.58. The third-order valence-corrected chi connectivity index (χ3v) is 4.95. The lowest BCUT2D eigenvalue weighted by Gasteiger charge is -2.26. The molecule has 2 bridgehead atoms. The molecule has 4 unspecified atom stereocenters. The number of fused-ring (bicyclic) bond motifs is 2. The van der Waals surface area contributed by atoms with Crippen molar-refractivity contribution in [3.8, 4) is 0 Å². The molecule has 4 atom stereocenters. The van der Waals surface area contributed by atoms with E-state index in [1.54, 1.807) is 6.42 Å². The number of rotatable bonds is 2. The van der Waals surface area contributed by atoms with Gasteiger partial charge in [-0.15, -0.1) is 11.6 Å². The van der Waals surface area contributed by atoms with Crippen LogP contribution in [0, 0.1) is 17.8 Å². The van der Waals surface area contributed by atoms with Gasteiger partial charge in [0, 0.05) is 18.5 Å². The quantitative estimate of drug-likeness (QED) is 0.638. The van der Waals surface area contributed by atoms with E-state index in [4.69, 9.17) is 11.6 Å². The van der Waals surface area contributed by atoms with Crippen molar-refractivity contribution in [1.29, 1.82) is 0 Å². The second-order valence-corrected chi connectivity index (χ2v) is 6.20. The molecule has 0 aromatic heterocycles. The molecule has 1 nitrogen and oxygen atoms in total. The number of hydrogen-bond donors (Lipinski definition) is 0. The molecule has 2 saturated carbocycles. The van der Waals surface area contributed by atoms with Crippen LogP contribution in [-0.2, 0) is 0 Å². The van der Waals surface area contributed by atoms with Crippen molar-refractivity contribution in [2.45, 2.75) is 37.5 Å². The average molecular weight is 214 g/mol. The van der Waals surface area contributed by atoms with E-state index in [0.29, 0.717) is 5.38 Å². The third-order valence-electron chi connectivity index (χ3n) is 4.59. The fraction of sp³-hybridized carbons (Fsp3) is 1.00. The summed E-state index contributed by atoms with van der Waals surface area (Å²) in [5.74, 6) is 3.20. The van der Waals surface area contributed by atoms with Gasteiger partial charge < -0.3 is 4.90 Å². The zero-order chi connectivity index (χ0) is 9.54. The zero-order valence-corrected chi connectivity index (χ0v) is 9.55. The van der Waals surface area contributed by atoms with E-state index < -0.39 is 0 Å². The van der Waals surface area contributed by atoms with Gasteiger partial charge >= 0.3 is 0 Å². The van der Waals surface area contributed by atoms with Gasteiger partial charge in [-0.05, 0) is 50.0 Å². The molecule has 1 aliphatic heterocycles. The van der Waals surface area contributed by atoms with Crippen LogP contribution in [0.1, 0.15) is 32.1 Å². The smallest absolute Gasteiger partial charge is 0.0475 e. The summed E-state index contributed by atoms with van der Waals surface area (Å²) in [7, 11) is 0. The van der Waals surface area contributed by atoms with Gasteiger partial charge in [-0.1, -0.05) is 6.42 Å². The summed E-state index contributed by atoms with van der Waals surface area (Å²) in [5.41, 5.74) is 0. The van der Waals surface area contributed by atoms with E-state index in [1.165, 1.54) is 38.8 Å². The maximum atomic E-state index is 6.13. The summed E-state index contributed by atoms with van der Waals surface area (Å²) >= 11 is 6.13. The number of likely N-dealkylation sites (tertiary alicyclic amines) is 1. The minimum absolute atomic E-state index is 0.439. The fourth-order valence-corrected chi connectivity index (χ4v) is 4.18. The summed E-state index contributed by atoms with van der Waals surface area (Å²) < 4.78 is 0. The molecule has 0 aromatic carbocycles. The number of nitrogens with zero attached hydrogens (tertiary/aromatic N) is 1. The minimum Gasteiger partial charge on any atom is -0.302 e. The van der Waals surface area contributed by atoms with Gasteiger partial charge in [0.1, 0.15) is 0 Å². The van der Waals surface area contributed by atoms with E-state index in [-0.39, 0.29) is 0 Å². The van der Waals surface area contributed by atoms with E-state index in [0.717, 1.165) is 24.3 Å². The monoisotopic (exact) mass is 213 g/mol. The molecule has 3 fully saturated rings. The van der Waals surface area contributed by atoms with Crippen LogP contribution in [0.5, 0.6) is 0 Å². The van der Waals surface area contributed by atoms with Gasteiger partial charge in [0.2, 0.25) is 0 Å². The lowest BCUT2D eigenvalue weighted by molar-refractivity contribution is 0.220. The molecular weight excluding hydrogens is 194 g/mol. The first-order chi connectivity index (χ1) is 6.81. The molecule has 2 heteroatoms. The first kappa shape index (κ1) is 9.47. The maximum absolute atomic E-state index is 6.13. The standard InChI is InChI=1S/C12H20ClN/c13-12-3-4-14(8-12)7-11-6-9-1-2-10(11)5-9/h9-12H,1-8H2. The van der Waals surface area contributed by atoms with Gasteiger partial charge in [-0.25, -0.2) is 0 Å². The van der Waals surface area contributed by atoms with Crippen LogP contribution < -0.4 is 0 Å². The van der Waals surface area contributed by atoms with E-state index >= 15 is 0 Å². The molecule has 3 rings (SSSR count). The molecule has 1 saturated heterocycles. The van der Waals surface area contributed by atoms with Crippen LogP contribution in [0.15, 0.2) is 0 Å². The second kappa shape index (κ2) is 3.68. The number of hydrogen-bond acceptors (Lipinski definition) is 1. The van der Waals surface area contributed by atoms with Gasteiger partial charge in [-0.3, -0.25) is 0 Å². The Bertz CT molecular complexity index is 218. The molecular formula is C12H20ClN. The van der Waals surface area contributed by atoms with Gasteiger partial charge in [0.05, 0.1) is 0 Å². The highest BCUT2D eigenvalue weighted by molar-refractivity contribution is 6.20. The van der Waals surface area contributed by atoms with Crippen LogP contribution >= 0.6 is 11.6 Å². The Morgan fingerprint density at radius 1 is 1.14 bits per heavy atom. The molecule has 80 valence electrons. The third kappa shape index (κ3) is 1.69. The summed E-state index contributed by atoms with van der Waals surface area (Å²) in [4.78, 5) is 2.60. The Morgan fingerprint density at radius 2 is 2.07 bits per heavy atom. The van der Waals surface area contributed by atoms with Crippen LogP contribution in [0.25, 0.3) is 0 Å². The number of alkyl halides is 1. The highest BCUT2D eigenvalue weighted by atomic mass is 35.5. The summed E-state index contributed by atoms with van der Waals surface area (Å²) in [6.45, 7) is 3.75. The van der Waals surface area contributed by atoms with Gasteiger partial charge in [0.15, 0.2) is 0 Å². The molecule has 0 aromatic rings. The van der Waals surface area contributed by atoms with Crippen molar-refractivity contribution in [2.24, 2.45) is 17.8 Å². The van der Waals surface area contributed by atoms with Crippen molar-refractivity contribution < 1.29 is 0 Å². The summed E-state index contributed by atoms with van der Waals surface area (Å²) in [6, 6.07) is 0. The van der Waals surface area contributed by atoms with Crippen LogP contribution in [0.3, 0.4) is 0 Å². The van der Waals surface area contributed by atoms with E-state index in [9.17, 15) is 0 Å². The van der Waals surface area contributed by atoms with Crippen molar-refractivity contribution in [3.05, 3.63) is 0 Å².